The maximum absolute atomic E-state index is 7.75. The van der Waals surface area contributed by atoms with E-state index in [1.807, 2.05) is 0 Å². The fourth-order valence-electron chi connectivity index (χ4n) is 2.17. The molecule has 2 aromatic carbocycles. The molecule has 0 spiro atoms. The van der Waals surface area contributed by atoms with Crippen molar-refractivity contribution in [2.75, 3.05) is 25.4 Å². The van der Waals surface area contributed by atoms with Gasteiger partial charge in [-0.2, -0.15) is 0 Å². The molecule has 23 heavy (non-hydrogen) atoms. The van der Waals surface area contributed by atoms with Crippen molar-refractivity contribution >= 4 is 44.3 Å². The summed E-state index contributed by atoms with van der Waals surface area (Å²) in [5, 5.41) is 6.52. The topological polar surface area (TPSA) is 29.1 Å². The summed E-state index contributed by atoms with van der Waals surface area (Å²) < 4.78 is 0. The molecule has 0 radical (unpaired) electrons. The molecule has 0 heterocycles. The van der Waals surface area contributed by atoms with Gasteiger partial charge in [-0.05, 0) is 37.0 Å². The van der Waals surface area contributed by atoms with Gasteiger partial charge in [-0.25, -0.2) is 0 Å². The first kappa shape index (κ1) is 22.8. The number of benzene rings is 2. The third-order valence-electron chi connectivity index (χ3n) is 3.12. The average Bonchev–Trinajstić information content (AvgIpc) is 2.66. The minimum atomic E-state index is -0.650. The van der Waals surface area contributed by atoms with Gasteiger partial charge in [-0.3, -0.25) is 6.79 Å². The SMILES string of the molecule is PCCNCC[PH+](c1ccccc1)c1ccccc1.[CH-]=O.[Cl][RuH+2]. The molecular weight excluding hydrogens is 433 g/mol. The maximum atomic E-state index is 7.75. The van der Waals surface area contributed by atoms with Crippen LogP contribution in [-0.4, -0.2) is 32.2 Å². The molecule has 2 rings (SSSR count). The van der Waals surface area contributed by atoms with Crippen LogP contribution < -0.4 is 15.9 Å². The Bertz CT molecular complexity index is 451. The molecule has 1 N–H and O–H groups in total. The standard InChI is InChI=1S/C16H21NP2.CHO.ClH.Ru.H/c18-13-11-17-12-14-19(15-7-3-1-4-8-15)16-9-5-2-6-10-16;1-2;;;/h1-10,17H,11-14,18H2;1H;1H;;/q;-1;;+3;. The second-order valence-electron chi connectivity index (χ2n) is 4.50. The van der Waals surface area contributed by atoms with Gasteiger partial charge in [0.25, 0.3) is 0 Å². The molecule has 2 nitrogen and oxygen atoms in total. The zero-order chi connectivity index (χ0) is 17.3. The van der Waals surface area contributed by atoms with E-state index < -0.39 is 7.92 Å². The Morgan fingerprint density at radius 1 is 0.913 bits per heavy atom. The number of hydrogen-bond donors (Lipinski definition) is 1. The van der Waals surface area contributed by atoms with E-state index in [0.29, 0.717) is 0 Å². The predicted octanol–water partition coefficient (Wildman–Crippen LogP) is 2.46. The first-order valence-corrected chi connectivity index (χ1v) is 12.1. The van der Waals surface area contributed by atoms with Gasteiger partial charge in [0.1, 0.15) is 0 Å². The Morgan fingerprint density at radius 2 is 1.35 bits per heavy atom. The van der Waals surface area contributed by atoms with Crippen molar-refractivity contribution in [2.24, 2.45) is 0 Å². The molecule has 126 valence electrons. The van der Waals surface area contributed by atoms with Crippen LogP contribution in [0.3, 0.4) is 0 Å². The van der Waals surface area contributed by atoms with Crippen LogP contribution in [0.1, 0.15) is 0 Å². The summed E-state index contributed by atoms with van der Waals surface area (Å²) >= 11 is 1.62. The monoisotopic (exact) mass is 457 g/mol. The number of hydrogen-bond acceptors (Lipinski definition) is 2. The van der Waals surface area contributed by atoms with E-state index in [0.717, 1.165) is 19.3 Å². The molecule has 6 heteroatoms. The van der Waals surface area contributed by atoms with Gasteiger partial charge in [0.15, 0.2) is 0 Å². The molecule has 1 atom stereocenters. The number of carbonyl (C=O) groups excluding carboxylic acids is 1. The second-order valence-corrected chi connectivity index (χ2v) is 7.69. The third kappa shape index (κ3) is 9.66. The van der Waals surface area contributed by atoms with Crippen LogP contribution in [-0.2, 0) is 22.1 Å². The first-order chi connectivity index (χ1) is 11.4. The van der Waals surface area contributed by atoms with Crippen LogP contribution in [0.4, 0.5) is 0 Å². The Hall–Kier alpha value is -0.157. The fourth-order valence-corrected chi connectivity index (χ4v) is 4.91. The average molecular weight is 457 g/mol. The van der Waals surface area contributed by atoms with E-state index in [4.69, 9.17) is 4.79 Å². The quantitative estimate of drug-likeness (QED) is 0.228. The molecule has 0 bridgehead atoms. The molecular formula is C17H24ClNOP2Ru+2. The Balaban J connectivity index is 0.00000112. The van der Waals surface area contributed by atoms with E-state index in [2.05, 4.69) is 91.7 Å². The van der Waals surface area contributed by atoms with E-state index in [1.165, 1.54) is 16.8 Å². The van der Waals surface area contributed by atoms with Crippen molar-refractivity contribution in [1.29, 1.82) is 0 Å². The fraction of sp³-hybridized carbons (Fsp3) is 0.235. The summed E-state index contributed by atoms with van der Waals surface area (Å²) in [7, 11) is 6.72. The summed E-state index contributed by atoms with van der Waals surface area (Å²) in [6.45, 7) is 5.44. The van der Waals surface area contributed by atoms with Gasteiger partial charge in [0.2, 0.25) is 0 Å². The molecule has 0 aromatic heterocycles. The first-order valence-electron chi connectivity index (χ1n) is 7.17. The molecule has 0 fully saturated rings. The summed E-state index contributed by atoms with van der Waals surface area (Å²) in [6, 6.07) is 21.9. The van der Waals surface area contributed by atoms with Crippen molar-refractivity contribution in [1.82, 2.24) is 5.32 Å². The summed E-state index contributed by atoms with van der Waals surface area (Å²) in [6.07, 6.45) is 2.36. The van der Waals surface area contributed by atoms with E-state index in [1.54, 1.807) is 17.3 Å². The zero-order valence-electron chi connectivity index (χ0n) is 12.9. The van der Waals surface area contributed by atoms with Crippen LogP contribution >= 0.6 is 26.9 Å². The van der Waals surface area contributed by atoms with Gasteiger partial charge >= 0.3 is 27.0 Å². The molecule has 0 aliphatic heterocycles. The van der Waals surface area contributed by atoms with Gasteiger partial charge < -0.3 is 10.1 Å². The van der Waals surface area contributed by atoms with E-state index >= 15 is 0 Å². The zero-order valence-corrected chi connectivity index (χ0v) is 17.7. The Labute approximate surface area is 157 Å². The van der Waals surface area contributed by atoms with E-state index in [9.17, 15) is 0 Å². The normalized spacial score (nSPS) is 9.39. The molecule has 0 aliphatic rings. The number of nitrogens with one attached hydrogen (secondary N) is 1. The Morgan fingerprint density at radius 3 is 1.74 bits per heavy atom. The number of rotatable bonds is 7. The summed E-state index contributed by atoms with van der Waals surface area (Å²) in [5.41, 5.74) is 0. The van der Waals surface area contributed by atoms with Crippen LogP contribution in [0.15, 0.2) is 60.7 Å². The predicted molar refractivity (Wildman–Crippen MR) is 107 cm³/mol. The van der Waals surface area contributed by atoms with Crippen molar-refractivity contribution in [3.05, 3.63) is 60.7 Å². The van der Waals surface area contributed by atoms with Crippen LogP contribution in [0.5, 0.6) is 0 Å². The molecule has 0 amide bonds. The van der Waals surface area contributed by atoms with Gasteiger partial charge in [0, 0.05) is 6.54 Å². The van der Waals surface area contributed by atoms with Crippen molar-refractivity contribution in [3.8, 4) is 0 Å². The molecule has 0 saturated heterocycles. The van der Waals surface area contributed by atoms with Crippen LogP contribution in [0.2, 0.25) is 0 Å². The second kappa shape index (κ2) is 16.7. The van der Waals surface area contributed by atoms with Crippen molar-refractivity contribution in [2.45, 2.75) is 0 Å². The van der Waals surface area contributed by atoms with Crippen LogP contribution in [0, 0.1) is 0 Å². The molecule has 1 unspecified atom stereocenters. The van der Waals surface area contributed by atoms with E-state index in [-0.39, 0.29) is 0 Å². The van der Waals surface area contributed by atoms with Gasteiger partial charge in [0.05, 0.1) is 24.7 Å². The third-order valence-corrected chi connectivity index (χ3v) is 6.22. The van der Waals surface area contributed by atoms with Gasteiger partial charge in [-0.15, -0.1) is 9.24 Å². The summed E-state index contributed by atoms with van der Waals surface area (Å²) in [4.78, 5) is 7.75. The minimum absolute atomic E-state index is 0.650. The Kier molecular flexibility index (Phi) is 16.6. The van der Waals surface area contributed by atoms with Gasteiger partial charge in [-0.1, -0.05) is 36.4 Å². The molecule has 0 saturated carbocycles. The number of halogens is 1. The molecule has 2 aromatic rings. The molecule has 0 aliphatic carbocycles. The van der Waals surface area contributed by atoms with Crippen LogP contribution in [0.25, 0.3) is 0 Å². The van der Waals surface area contributed by atoms with Crippen molar-refractivity contribution < 1.29 is 22.1 Å². The summed E-state index contributed by atoms with van der Waals surface area (Å²) in [5.74, 6) is 0. The van der Waals surface area contributed by atoms with Crippen molar-refractivity contribution in [3.63, 3.8) is 0 Å².